The van der Waals surface area contributed by atoms with Gasteiger partial charge in [0.05, 0.1) is 21.7 Å². The Morgan fingerprint density at radius 1 is 1.18 bits per heavy atom. The van der Waals surface area contributed by atoms with Gasteiger partial charge in [0.1, 0.15) is 12.4 Å². The summed E-state index contributed by atoms with van der Waals surface area (Å²) in [6.45, 7) is 8.36. The molecule has 150 valence electrons. The zero-order valence-electron chi connectivity index (χ0n) is 16.7. The molecular formula is C21H26N2O4S. The van der Waals surface area contributed by atoms with Gasteiger partial charge in [-0.05, 0) is 57.0 Å². The lowest BCUT2D eigenvalue weighted by Crippen LogP contribution is -2.42. The molecule has 0 saturated heterocycles. The number of aryl methyl sites for hydroxylation is 1. The number of carbonyl (C=O) groups is 1. The van der Waals surface area contributed by atoms with Crippen molar-refractivity contribution in [2.45, 2.75) is 39.0 Å². The molecule has 0 bridgehead atoms. The predicted octanol–water partition coefficient (Wildman–Crippen LogP) is 3.96. The van der Waals surface area contributed by atoms with Crippen molar-refractivity contribution < 1.29 is 17.9 Å². The van der Waals surface area contributed by atoms with Gasteiger partial charge in [-0.25, -0.2) is 8.42 Å². The number of rotatable bonds is 5. The van der Waals surface area contributed by atoms with Crippen molar-refractivity contribution >= 4 is 27.3 Å². The molecule has 28 heavy (non-hydrogen) atoms. The molecule has 1 heterocycles. The van der Waals surface area contributed by atoms with Crippen LogP contribution in [-0.2, 0) is 14.8 Å². The highest BCUT2D eigenvalue weighted by Crippen LogP contribution is 2.38. The van der Waals surface area contributed by atoms with Crippen LogP contribution < -0.4 is 14.4 Å². The summed E-state index contributed by atoms with van der Waals surface area (Å²) in [7, 11) is -3.71. The van der Waals surface area contributed by atoms with Gasteiger partial charge in [0, 0.05) is 12.6 Å². The molecule has 1 aliphatic rings. The molecule has 1 aliphatic heterocycles. The molecule has 2 aromatic rings. The number of sulfonamides is 1. The third-order valence-electron chi connectivity index (χ3n) is 4.66. The van der Waals surface area contributed by atoms with Crippen LogP contribution in [0.4, 0.5) is 11.4 Å². The lowest BCUT2D eigenvalue weighted by atomic mass is 9.93. The van der Waals surface area contributed by atoms with Gasteiger partial charge in [0.2, 0.25) is 5.91 Å². The molecule has 6 nitrogen and oxygen atoms in total. The largest absolute Gasteiger partial charge is 0.490 e. The smallest absolute Gasteiger partial charge is 0.261 e. The summed E-state index contributed by atoms with van der Waals surface area (Å²) in [6.07, 6.45) is 0.809. The SMILES string of the molecule is CCCN1C(=O)C(C)(C)COc2cc(NS(=O)(=O)c3cccc(C)c3)ccc21. The number of amides is 1. The van der Waals surface area contributed by atoms with Crippen LogP contribution in [0.15, 0.2) is 47.4 Å². The Morgan fingerprint density at radius 3 is 2.61 bits per heavy atom. The first kappa shape index (κ1) is 20.2. The fourth-order valence-corrected chi connectivity index (χ4v) is 4.31. The highest BCUT2D eigenvalue weighted by molar-refractivity contribution is 7.92. The summed E-state index contributed by atoms with van der Waals surface area (Å²) in [4.78, 5) is 14.8. The quantitative estimate of drug-likeness (QED) is 0.821. The summed E-state index contributed by atoms with van der Waals surface area (Å²) < 4.78 is 33.9. The maximum atomic E-state index is 12.9. The first-order valence-corrected chi connectivity index (χ1v) is 10.8. The number of ether oxygens (including phenoxy) is 1. The van der Waals surface area contributed by atoms with Gasteiger partial charge in [0.25, 0.3) is 10.0 Å². The fraction of sp³-hybridized carbons (Fsp3) is 0.381. The van der Waals surface area contributed by atoms with E-state index in [1.54, 1.807) is 41.3 Å². The van der Waals surface area contributed by atoms with Crippen LogP contribution in [0.5, 0.6) is 5.75 Å². The van der Waals surface area contributed by atoms with Crippen LogP contribution in [0.2, 0.25) is 0 Å². The van der Waals surface area contributed by atoms with E-state index in [1.165, 1.54) is 0 Å². The second-order valence-electron chi connectivity index (χ2n) is 7.73. The number of anilines is 2. The molecule has 0 atom stereocenters. The highest BCUT2D eigenvalue weighted by Gasteiger charge is 2.37. The van der Waals surface area contributed by atoms with Gasteiger partial charge < -0.3 is 9.64 Å². The molecule has 0 spiro atoms. The van der Waals surface area contributed by atoms with E-state index >= 15 is 0 Å². The Labute approximate surface area is 166 Å². The Bertz CT molecular complexity index is 999. The second kappa shape index (κ2) is 7.47. The normalized spacial score (nSPS) is 16.1. The number of fused-ring (bicyclic) bond motifs is 1. The molecular weight excluding hydrogens is 376 g/mol. The van der Waals surface area contributed by atoms with E-state index < -0.39 is 15.4 Å². The van der Waals surface area contributed by atoms with Gasteiger partial charge in [-0.3, -0.25) is 9.52 Å². The summed E-state index contributed by atoms with van der Waals surface area (Å²) >= 11 is 0. The van der Waals surface area contributed by atoms with Gasteiger partial charge in [-0.1, -0.05) is 19.1 Å². The molecule has 2 aromatic carbocycles. The third-order valence-corrected chi connectivity index (χ3v) is 6.04. The summed E-state index contributed by atoms with van der Waals surface area (Å²) in [5, 5.41) is 0. The van der Waals surface area contributed by atoms with Gasteiger partial charge >= 0.3 is 0 Å². The maximum absolute atomic E-state index is 12.9. The van der Waals surface area contributed by atoms with E-state index in [4.69, 9.17) is 4.74 Å². The van der Waals surface area contributed by atoms with Gasteiger partial charge in [-0.2, -0.15) is 0 Å². The summed E-state index contributed by atoms with van der Waals surface area (Å²) in [5.74, 6) is 0.498. The van der Waals surface area contributed by atoms with Gasteiger partial charge in [-0.15, -0.1) is 0 Å². The van der Waals surface area contributed by atoms with E-state index in [0.29, 0.717) is 23.7 Å². The average molecular weight is 403 g/mol. The Balaban J connectivity index is 1.95. The van der Waals surface area contributed by atoms with Crippen molar-refractivity contribution in [1.82, 2.24) is 0 Å². The van der Waals surface area contributed by atoms with Crippen LogP contribution in [0.3, 0.4) is 0 Å². The summed E-state index contributed by atoms with van der Waals surface area (Å²) in [5.41, 5.74) is 1.26. The van der Waals surface area contributed by atoms with Crippen molar-refractivity contribution in [2.24, 2.45) is 5.41 Å². The molecule has 0 saturated carbocycles. The van der Waals surface area contributed by atoms with Gasteiger partial charge in [0.15, 0.2) is 0 Å². The average Bonchev–Trinajstić information content (AvgIpc) is 2.72. The lowest BCUT2D eigenvalue weighted by Gasteiger charge is -2.27. The molecule has 0 aromatic heterocycles. The number of hydrogen-bond acceptors (Lipinski definition) is 4. The van der Waals surface area contributed by atoms with E-state index in [-0.39, 0.29) is 17.4 Å². The highest BCUT2D eigenvalue weighted by atomic mass is 32.2. The number of benzene rings is 2. The number of carbonyl (C=O) groups excluding carboxylic acids is 1. The van der Waals surface area contributed by atoms with Crippen molar-refractivity contribution in [3.05, 3.63) is 48.0 Å². The third kappa shape index (κ3) is 3.99. The van der Waals surface area contributed by atoms with E-state index in [9.17, 15) is 13.2 Å². The minimum absolute atomic E-state index is 0.00110. The summed E-state index contributed by atoms with van der Waals surface area (Å²) in [6, 6.07) is 11.8. The van der Waals surface area contributed by atoms with E-state index in [0.717, 1.165) is 12.0 Å². The lowest BCUT2D eigenvalue weighted by molar-refractivity contribution is -0.127. The van der Waals surface area contributed by atoms with Crippen molar-refractivity contribution in [3.63, 3.8) is 0 Å². The molecule has 0 aliphatic carbocycles. The minimum Gasteiger partial charge on any atom is -0.490 e. The van der Waals surface area contributed by atoms with Crippen LogP contribution >= 0.6 is 0 Å². The minimum atomic E-state index is -3.71. The topological polar surface area (TPSA) is 75.7 Å². The molecule has 0 fully saturated rings. The standard InChI is InChI=1S/C21H26N2O4S/c1-5-11-23-18-10-9-16(13-19(18)27-14-21(3,4)20(23)24)22-28(25,26)17-8-6-7-15(2)12-17/h6-10,12-13,22H,5,11,14H2,1-4H3. The van der Waals surface area contributed by atoms with Crippen LogP contribution in [0.1, 0.15) is 32.8 Å². The Kier molecular flexibility index (Phi) is 5.39. The second-order valence-corrected chi connectivity index (χ2v) is 9.42. The van der Waals surface area contributed by atoms with Crippen molar-refractivity contribution in [2.75, 3.05) is 22.8 Å². The van der Waals surface area contributed by atoms with E-state index in [2.05, 4.69) is 4.72 Å². The number of nitrogens with one attached hydrogen (secondary N) is 1. The molecule has 3 rings (SSSR count). The van der Waals surface area contributed by atoms with Crippen LogP contribution in [0, 0.1) is 12.3 Å². The van der Waals surface area contributed by atoms with Crippen LogP contribution in [0.25, 0.3) is 0 Å². The zero-order valence-corrected chi connectivity index (χ0v) is 17.5. The predicted molar refractivity (Wildman–Crippen MR) is 110 cm³/mol. The number of hydrogen-bond donors (Lipinski definition) is 1. The molecule has 1 amide bonds. The molecule has 1 N–H and O–H groups in total. The Hall–Kier alpha value is -2.54. The molecule has 0 unspecified atom stereocenters. The molecule has 0 radical (unpaired) electrons. The monoisotopic (exact) mass is 402 g/mol. The fourth-order valence-electron chi connectivity index (χ4n) is 3.15. The maximum Gasteiger partial charge on any atom is 0.261 e. The van der Waals surface area contributed by atoms with Crippen molar-refractivity contribution in [3.8, 4) is 5.75 Å². The zero-order chi connectivity index (χ0) is 20.5. The molecule has 7 heteroatoms. The first-order valence-electron chi connectivity index (χ1n) is 9.32. The van der Waals surface area contributed by atoms with Crippen LogP contribution in [-0.4, -0.2) is 27.5 Å². The first-order chi connectivity index (χ1) is 13.1. The number of nitrogens with zero attached hydrogens (tertiary/aromatic N) is 1. The van der Waals surface area contributed by atoms with E-state index in [1.807, 2.05) is 33.8 Å². The van der Waals surface area contributed by atoms with Crippen molar-refractivity contribution in [1.29, 1.82) is 0 Å². The Morgan fingerprint density at radius 2 is 1.93 bits per heavy atom.